The van der Waals surface area contributed by atoms with Crippen molar-refractivity contribution < 1.29 is 19.4 Å². The van der Waals surface area contributed by atoms with E-state index in [1.54, 1.807) is 6.07 Å². The lowest BCUT2D eigenvalue weighted by atomic mass is 10.3. The number of carbonyl (C=O) groups excluding carboxylic acids is 1. The Morgan fingerprint density at radius 3 is 2.08 bits per heavy atom. The number of hydrogen-bond donors (Lipinski definition) is 1. The summed E-state index contributed by atoms with van der Waals surface area (Å²) in [5.41, 5.74) is -0.174. The summed E-state index contributed by atoms with van der Waals surface area (Å²) in [6.07, 6.45) is 0.833. The number of esters is 1. The summed E-state index contributed by atoms with van der Waals surface area (Å²) in [5, 5.41) is 15.6. The first-order valence-corrected chi connectivity index (χ1v) is 3.02. The molecule has 13 heavy (non-hydrogen) atoms. The van der Waals surface area contributed by atoms with Crippen LogP contribution in [0.15, 0.2) is 24.8 Å². The fourth-order valence-corrected chi connectivity index (χ4v) is 0.169. The summed E-state index contributed by atoms with van der Waals surface area (Å²) < 4.78 is 4.14. The van der Waals surface area contributed by atoms with Crippen molar-refractivity contribution in [2.75, 3.05) is 7.11 Å². The minimum Gasteiger partial charge on any atom is -0.478 e. The number of carboxylic acids is 1. The molecule has 0 bridgehead atoms. The van der Waals surface area contributed by atoms with Gasteiger partial charge >= 0.3 is 11.9 Å². The zero-order chi connectivity index (χ0) is 10.9. The van der Waals surface area contributed by atoms with E-state index in [2.05, 4.69) is 17.9 Å². The zero-order valence-corrected chi connectivity index (χ0v) is 7.11. The molecule has 0 aliphatic carbocycles. The third kappa shape index (κ3) is 9.91. The first kappa shape index (κ1) is 13.5. The standard InChI is InChI=1S/C5H5NO2.C3H4O2/c1-4(3-6)5(7)8-2;1-2-3(4)5/h1H2,2H3;2H,1H2,(H,4,5). The number of carbonyl (C=O) groups is 2. The molecule has 0 aromatic rings. The molecule has 0 aliphatic rings. The maximum absolute atomic E-state index is 10.2. The van der Waals surface area contributed by atoms with E-state index in [-0.39, 0.29) is 5.57 Å². The van der Waals surface area contributed by atoms with Crippen LogP contribution >= 0.6 is 0 Å². The van der Waals surface area contributed by atoms with Crippen LogP contribution in [-0.2, 0) is 14.3 Å². The van der Waals surface area contributed by atoms with Gasteiger partial charge in [0.1, 0.15) is 11.6 Å². The van der Waals surface area contributed by atoms with Crippen molar-refractivity contribution in [1.29, 1.82) is 5.26 Å². The van der Waals surface area contributed by atoms with Gasteiger partial charge in [0.15, 0.2) is 0 Å². The number of carboxylic acid groups (broad SMARTS) is 1. The molecule has 0 radical (unpaired) electrons. The average Bonchev–Trinajstić information content (AvgIpc) is 2.16. The Hall–Kier alpha value is -2.09. The highest BCUT2D eigenvalue weighted by Crippen LogP contribution is 1.87. The van der Waals surface area contributed by atoms with E-state index in [0.717, 1.165) is 6.08 Å². The molecule has 5 heteroatoms. The molecule has 0 aromatic carbocycles. The third-order valence-electron chi connectivity index (χ3n) is 0.741. The van der Waals surface area contributed by atoms with Crippen molar-refractivity contribution in [2.24, 2.45) is 0 Å². The molecular weight excluding hydrogens is 174 g/mol. The molecule has 0 saturated carbocycles. The number of rotatable bonds is 2. The fraction of sp³-hybridized carbons (Fsp3) is 0.125. The van der Waals surface area contributed by atoms with E-state index < -0.39 is 11.9 Å². The van der Waals surface area contributed by atoms with E-state index in [1.807, 2.05) is 0 Å². The van der Waals surface area contributed by atoms with E-state index >= 15 is 0 Å². The Morgan fingerprint density at radius 2 is 2.00 bits per heavy atom. The zero-order valence-electron chi connectivity index (χ0n) is 7.11. The van der Waals surface area contributed by atoms with E-state index in [1.165, 1.54) is 7.11 Å². The number of hydrogen-bond acceptors (Lipinski definition) is 4. The normalized spacial score (nSPS) is 6.77. The molecule has 0 spiro atoms. The number of nitriles is 1. The van der Waals surface area contributed by atoms with Crippen molar-refractivity contribution in [3.8, 4) is 6.07 Å². The second kappa shape index (κ2) is 8.01. The molecule has 0 rings (SSSR count). The van der Waals surface area contributed by atoms with Gasteiger partial charge in [0.25, 0.3) is 0 Å². The maximum Gasteiger partial charge on any atom is 0.347 e. The van der Waals surface area contributed by atoms with Gasteiger partial charge in [-0.3, -0.25) is 0 Å². The van der Waals surface area contributed by atoms with Crippen LogP contribution in [0.25, 0.3) is 0 Å². The largest absolute Gasteiger partial charge is 0.478 e. The predicted molar refractivity (Wildman–Crippen MR) is 44.6 cm³/mol. The Kier molecular flexibility index (Phi) is 8.32. The fourth-order valence-electron chi connectivity index (χ4n) is 0.169. The Labute approximate surface area is 75.5 Å². The topological polar surface area (TPSA) is 87.4 Å². The van der Waals surface area contributed by atoms with E-state index in [0.29, 0.717) is 0 Å². The monoisotopic (exact) mass is 183 g/mol. The highest BCUT2D eigenvalue weighted by Gasteiger charge is 2.01. The van der Waals surface area contributed by atoms with Gasteiger partial charge < -0.3 is 9.84 Å². The second-order valence-corrected chi connectivity index (χ2v) is 1.62. The number of nitrogens with zero attached hydrogens (tertiary/aromatic N) is 1. The summed E-state index contributed by atoms with van der Waals surface area (Å²) >= 11 is 0. The van der Waals surface area contributed by atoms with Gasteiger partial charge in [0.2, 0.25) is 0 Å². The Morgan fingerprint density at radius 1 is 1.62 bits per heavy atom. The van der Waals surface area contributed by atoms with Crippen LogP contribution in [0, 0.1) is 11.3 Å². The van der Waals surface area contributed by atoms with Crippen LogP contribution < -0.4 is 0 Å². The second-order valence-electron chi connectivity index (χ2n) is 1.62. The summed E-state index contributed by atoms with van der Waals surface area (Å²) in [7, 11) is 1.20. The summed E-state index contributed by atoms with van der Waals surface area (Å²) in [5.74, 6) is -1.66. The molecule has 70 valence electrons. The molecular formula is C8H9NO4. The molecule has 0 aromatic heterocycles. The molecule has 0 amide bonds. The van der Waals surface area contributed by atoms with Crippen LogP contribution in [0.2, 0.25) is 0 Å². The summed E-state index contributed by atoms with van der Waals surface area (Å²) in [6, 6.07) is 1.55. The van der Waals surface area contributed by atoms with Gasteiger partial charge in [-0.2, -0.15) is 5.26 Å². The van der Waals surface area contributed by atoms with Crippen molar-refractivity contribution in [3.05, 3.63) is 24.8 Å². The van der Waals surface area contributed by atoms with Crippen molar-refractivity contribution >= 4 is 11.9 Å². The molecule has 0 saturated heterocycles. The maximum atomic E-state index is 10.2. The van der Waals surface area contributed by atoms with Crippen LogP contribution in [0.5, 0.6) is 0 Å². The Balaban J connectivity index is 0. The van der Waals surface area contributed by atoms with Crippen LogP contribution in [0.3, 0.4) is 0 Å². The highest BCUT2D eigenvalue weighted by atomic mass is 16.5. The molecule has 0 unspecified atom stereocenters. The van der Waals surface area contributed by atoms with E-state index in [4.69, 9.17) is 10.4 Å². The molecule has 1 N–H and O–H groups in total. The summed E-state index contributed by atoms with van der Waals surface area (Å²) in [6.45, 7) is 6.07. The minimum absolute atomic E-state index is 0.174. The third-order valence-corrected chi connectivity index (χ3v) is 0.741. The molecule has 0 fully saturated rings. The first-order valence-electron chi connectivity index (χ1n) is 3.02. The van der Waals surface area contributed by atoms with Crippen molar-refractivity contribution in [3.63, 3.8) is 0 Å². The van der Waals surface area contributed by atoms with Gasteiger partial charge in [-0.25, -0.2) is 9.59 Å². The lowest BCUT2D eigenvalue weighted by Gasteiger charge is -1.89. The van der Waals surface area contributed by atoms with Gasteiger partial charge in [-0.05, 0) is 0 Å². The first-order chi connectivity index (χ1) is 5.99. The predicted octanol–water partition coefficient (Wildman–Crippen LogP) is 0.496. The van der Waals surface area contributed by atoms with Crippen LogP contribution in [0.4, 0.5) is 0 Å². The van der Waals surface area contributed by atoms with Crippen molar-refractivity contribution in [2.45, 2.75) is 0 Å². The molecule has 0 atom stereocenters. The highest BCUT2D eigenvalue weighted by molar-refractivity contribution is 5.91. The van der Waals surface area contributed by atoms with Gasteiger partial charge in [0.05, 0.1) is 7.11 Å². The van der Waals surface area contributed by atoms with Crippen LogP contribution in [0.1, 0.15) is 0 Å². The number of ether oxygens (including phenoxy) is 1. The summed E-state index contributed by atoms with van der Waals surface area (Å²) in [4.78, 5) is 19.4. The average molecular weight is 183 g/mol. The number of aliphatic carboxylic acids is 1. The SMILES string of the molecule is C=C(C#N)C(=O)OC.C=CC(=O)O. The van der Waals surface area contributed by atoms with Crippen LogP contribution in [-0.4, -0.2) is 24.2 Å². The molecule has 0 heterocycles. The van der Waals surface area contributed by atoms with Gasteiger partial charge in [-0.15, -0.1) is 0 Å². The minimum atomic E-state index is -0.981. The lowest BCUT2D eigenvalue weighted by molar-refractivity contribution is -0.135. The smallest absolute Gasteiger partial charge is 0.347 e. The van der Waals surface area contributed by atoms with Crippen molar-refractivity contribution in [1.82, 2.24) is 0 Å². The number of methoxy groups -OCH3 is 1. The van der Waals surface area contributed by atoms with E-state index in [9.17, 15) is 9.59 Å². The molecule has 5 nitrogen and oxygen atoms in total. The van der Waals surface area contributed by atoms with Gasteiger partial charge in [0, 0.05) is 6.08 Å². The lowest BCUT2D eigenvalue weighted by Crippen LogP contribution is -2.00. The Bertz CT molecular complexity index is 262. The molecule has 0 aliphatic heterocycles. The van der Waals surface area contributed by atoms with Gasteiger partial charge in [-0.1, -0.05) is 13.2 Å². The quantitative estimate of drug-likeness (QED) is 0.382.